The Balaban J connectivity index is 1.58. The number of likely N-dealkylation sites (tertiary alicyclic amines) is 1. The van der Waals surface area contributed by atoms with Gasteiger partial charge < -0.3 is 9.14 Å². The Morgan fingerprint density at radius 2 is 1.91 bits per heavy atom. The summed E-state index contributed by atoms with van der Waals surface area (Å²) in [6, 6.07) is 6.05. The largest absolute Gasteiger partial charge is 0.492 e. The van der Waals surface area contributed by atoms with Gasteiger partial charge in [0.15, 0.2) is 11.4 Å². The number of imidazole rings is 1. The summed E-state index contributed by atoms with van der Waals surface area (Å²) in [7, 11) is 0. The van der Waals surface area contributed by atoms with Crippen LogP contribution in [-0.4, -0.2) is 51.3 Å². The van der Waals surface area contributed by atoms with Gasteiger partial charge in [0.05, 0.1) is 17.1 Å². The number of hydrogen-bond donors (Lipinski definition) is 0. The van der Waals surface area contributed by atoms with Gasteiger partial charge in [-0.25, -0.2) is 4.98 Å². The molecule has 4 rings (SSSR count). The molecule has 0 N–H and O–H groups in total. The van der Waals surface area contributed by atoms with Gasteiger partial charge in [-0.3, -0.25) is 14.7 Å². The van der Waals surface area contributed by atoms with Gasteiger partial charge in [0.1, 0.15) is 12.4 Å². The minimum Gasteiger partial charge on any atom is -0.492 e. The van der Waals surface area contributed by atoms with Crippen LogP contribution in [0.1, 0.15) is 54.4 Å². The minimum atomic E-state index is 0.0704. The molecule has 0 atom stereocenters. The number of nitrogens with zero attached hydrogens (tertiary/aromatic N) is 4. The summed E-state index contributed by atoms with van der Waals surface area (Å²) >= 11 is 0. The number of aromatic nitrogens is 3. The maximum absolute atomic E-state index is 12.8. The fourth-order valence-electron chi connectivity index (χ4n) is 4.28. The van der Waals surface area contributed by atoms with Crippen LogP contribution in [0.25, 0.3) is 17.3 Å². The molecule has 0 amide bonds. The van der Waals surface area contributed by atoms with E-state index in [0.717, 1.165) is 40.5 Å². The highest BCUT2D eigenvalue weighted by Crippen LogP contribution is 2.25. The number of fused-ring (bicyclic) bond motifs is 1. The SMILES string of the molecule is CCC(=O)/C(=C\c1ccc(OCCN2CCCC2)cc1C)c1cn2cc(C)nc(C)c2n1. The molecule has 0 radical (unpaired) electrons. The standard InChI is InChI=1S/C26H32N4O2/c1-5-25(31)23(24-17-30-16-19(3)27-20(4)26(30)28-24)15-21-8-9-22(14-18(21)2)32-13-12-29-10-6-7-11-29/h8-9,14-17H,5-7,10-13H2,1-4H3/b23-15-. The van der Waals surface area contributed by atoms with E-state index in [1.165, 1.54) is 25.9 Å². The van der Waals surface area contributed by atoms with E-state index < -0.39 is 0 Å². The van der Waals surface area contributed by atoms with Gasteiger partial charge in [0.25, 0.3) is 0 Å². The van der Waals surface area contributed by atoms with E-state index in [0.29, 0.717) is 24.3 Å². The van der Waals surface area contributed by atoms with Crippen molar-refractivity contribution >= 4 is 23.1 Å². The van der Waals surface area contributed by atoms with Crippen LogP contribution in [0.3, 0.4) is 0 Å². The molecule has 2 aromatic heterocycles. The summed E-state index contributed by atoms with van der Waals surface area (Å²) < 4.78 is 7.93. The van der Waals surface area contributed by atoms with Gasteiger partial charge in [-0.1, -0.05) is 13.0 Å². The fraction of sp³-hybridized carbons (Fsp3) is 0.423. The average molecular weight is 433 g/mol. The second-order valence-electron chi connectivity index (χ2n) is 8.58. The van der Waals surface area contributed by atoms with Gasteiger partial charge >= 0.3 is 0 Å². The molecule has 32 heavy (non-hydrogen) atoms. The van der Waals surface area contributed by atoms with Crippen molar-refractivity contribution < 1.29 is 9.53 Å². The smallest absolute Gasteiger partial charge is 0.164 e. The van der Waals surface area contributed by atoms with Crippen LogP contribution in [0.15, 0.2) is 30.6 Å². The molecule has 0 saturated carbocycles. The summed E-state index contributed by atoms with van der Waals surface area (Å²) in [6.07, 6.45) is 8.81. The van der Waals surface area contributed by atoms with Crippen LogP contribution in [0, 0.1) is 20.8 Å². The Morgan fingerprint density at radius 3 is 2.62 bits per heavy atom. The van der Waals surface area contributed by atoms with Crippen LogP contribution in [0.4, 0.5) is 0 Å². The first-order valence-electron chi connectivity index (χ1n) is 11.5. The number of benzene rings is 1. The zero-order valence-corrected chi connectivity index (χ0v) is 19.5. The van der Waals surface area contributed by atoms with E-state index >= 15 is 0 Å². The molecule has 3 heterocycles. The van der Waals surface area contributed by atoms with Crippen LogP contribution in [0.5, 0.6) is 5.75 Å². The quantitative estimate of drug-likeness (QED) is 0.485. The number of Topliss-reactive ketones (excluding diaryl/α,β-unsaturated/α-hetero) is 1. The summed E-state index contributed by atoms with van der Waals surface area (Å²) in [5.74, 6) is 0.938. The monoisotopic (exact) mass is 432 g/mol. The number of carbonyl (C=O) groups is 1. The van der Waals surface area contributed by atoms with E-state index in [1.54, 1.807) is 0 Å². The predicted octanol–water partition coefficient (Wildman–Crippen LogP) is 4.65. The third-order valence-corrected chi connectivity index (χ3v) is 6.04. The van der Waals surface area contributed by atoms with Gasteiger partial charge in [0, 0.05) is 30.9 Å². The Kier molecular flexibility index (Phi) is 6.70. The molecule has 6 nitrogen and oxygen atoms in total. The molecular formula is C26H32N4O2. The fourth-order valence-corrected chi connectivity index (χ4v) is 4.28. The number of allylic oxidation sites excluding steroid dienone is 1. The molecule has 168 valence electrons. The molecule has 1 aliphatic rings. The number of aryl methyl sites for hydroxylation is 3. The molecule has 1 aliphatic heterocycles. The number of carbonyl (C=O) groups excluding carboxylic acids is 1. The maximum Gasteiger partial charge on any atom is 0.164 e. The number of rotatable bonds is 8. The van der Waals surface area contributed by atoms with Crippen molar-refractivity contribution in [1.29, 1.82) is 0 Å². The first kappa shape index (κ1) is 22.2. The summed E-state index contributed by atoms with van der Waals surface area (Å²) in [5, 5.41) is 0. The lowest BCUT2D eigenvalue weighted by molar-refractivity contribution is -0.113. The molecule has 0 spiro atoms. The molecule has 1 fully saturated rings. The molecular weight excluding hydrogens is 400 g/mol. The third-order valence-electron chi connectivity index (χ3n) is 6.04. The van der Waals surface area contributed by atoms with E-state index in [4.69, 9.17) is 9.72 Å². The zero-order valence-electron chi connectivity index (χ0n) is 19.5. The van der Waals surface area contributed by atoms with Crippen LogP contribution in [0.2, 0.25) is 0 Å². The molecule has 0 unspecified atom stereocenters. The first-order valence-corrected chi connectivity index (χ1v) is 11.5. The Morgan fingerprint density at radius 1 is 1.12 bits per heavy atom. The van der Waals surface area contributed by atoms with Crippen molar-refractivity contribution in [3.05, 3.63) is 58.8 Å². The normalized spacial score (nSPS) is 14.9. The minimum absolute atomic E-state index is 0.0704. The second-order valence-corrected chi connectivity index (χ2v) is 8.58. The Labute approximate surface area is 189 Å². The topological polar surface area (TPSA) is 59.7 Å². The van der Waals surface area contributed by atoms with Gasteiger partial charge in [-0.15, -0.1) is 0 Å². The highest BCUT2D eigenvalue weighted by Gasteiger charge is 2.16. The molecule has 0 bridgehead atoms. The first-order chi connectivity index (χ1) is 15.4. The number of hydrogen-bond acceptors (Lipinski definition) is 5. The summed E-state index contributed by atoms with van der Waals surface area (Å²) in [4.78, 5) is 24.5. The van der Waals surface area contributed by atoms with Crippen molar-refractivity contribution in [2.45, 2.75) is 47.0 Å². The molecule has 3 aromatic rings. The van der Waals surface area contributed by atoms with Crippen LogP contribution < -0.4 is 4.74 Å². The highest BCUT2D eigenvalue weighted by atomic mass is 16.5. The highest BCUT2D eigenvalue weighted by molar-refractivity contribution is 6.24. The predicted molar refractivity (Wildman–Crippen MR) is 128 cm³/mol. The number of ether oxygens (including phenoxy) is 1. The van der Waals surface area contributed by atoms with Crippen molar-refractivity contribution in [2.24, 2.45) is 0 Å². The van der Waals surface area contributed by atoms with E-state index in [9.17, 15) is 4.79 Å². The van der Waals surface area contributed by atoms with E-state index in [1.807, 2.05) is 68.8 Å². The van der Waals surface area contributed by atoms with Crippen molar-refractivity contribution in [3.63, 3.8) is 0 Å². The Hall–Kier alpha value is -2.99. The van der Waals surface area contributed by atoms with Crippen molar-refractivity contribution in [2.75, 3.05) is 26.2 Å². The van der Waals surface area contributed by atoms with Crippen molar-refractivity contribution in [3.8, 4) is 5.75 Å². The summed E-state index contributed by atoms with van der Waals surface area (Å²) in [6.45, 7) is 11.9. The molecule has 1 saturated heterocycles. The lowest BCUT2D eigenvalue weighted by Gasteiger charge is -2.15. The Bertz CT molecular complexity index is 1160. The third kappa shape index (κ3) is 4.91. The average Bonchev–Trinajstić information content (AvgIpc) is 3.42. The van der Waals surface area contributed by atoms with Crippen LogP contribution in [-0.2, 0) is 4.79 Å². The zero-order chi connectivity index (χ0) is 22.7. The van der Waals surface area contributed by atoms with Gasteiger partial charge in [0.2, 0.25) is 0 Å². The van der Waals surface area contributed by atoms with E-state index in [2.05, 4.69) is 9.88 Å². The summed E-state index contributed by atoms with van der Waals surface area (Å²) in [5.41, 5.74) is 5.92. The van der Waals surface area contributed by atoms with Crippen LogP contribution >= 0.6 is 0 Å². The second kappa shape index (κ2) is 9.65. The van der Waals surface area contributed by atoms with Crippen molar-refractivity contribution in [1.82, 2.24) is 19.3 Å². The van der Waals surface area contributed by atoms with Gasteiger partial charge in [-0.2, -0.15) is 0 Å². The molecule has 0 aliphatic carbocycles. The lowest BCUT2D eigenvalue weighted by Crippen LogP contribution is -2.25. The molecule has 6 heteroatoms. The maximum atomic E-state index is 12.8. The molecule has 1 aromatic carbocycles. The lowest BCUT2D eigenvalue weighted by atomic mass is 10.00. The number of ketones is 1. The van der Waals surface area contributed by atoms with E-state index in [-0.39, 0.29) is 5.78 Å². The van der Waals surface area contributed by atoms with Gasteiger partial charge in [-0.05, 0) is 76.0 Å².